The van der Waals surface area contributed by atoms with Crippen LogP contribution < -0.4 is 5.32 Å². The van der Waals surface area contributed by atoms with Gasteiger partial charge in [0.25, 0.3) is 0 Å². The molecule has 3 rings (SSSR count). The lowest BCUT2D eigenvalue weighted by molar-refractivity contribution is -0.109. The Morgan fingerprint density at radius 2 is 1.54 bits per heavy atom. The smallest absolute Gasteiger partial charge is 0.207 e. The molecule has 0 bridgehead atoms. The van der Waals surface area contributed by atoms with Gasteiger partial charge in [0, 0.05) is 12.1 Å². The van der Waals surface area contributed by atoms with E-state index in [1.54, 1.807) is 6.08 Å². The van der Waals surface area contributed by atoms with Crippen LogP contribution in [0.1, 0.15) is 78.1 Å². The van der Waals surface area contributed by atoms with Crippen molar-refractivity contribution in [1.82, 2.24) is 5.32 Å². The predicted octanol–water partition coefficient (Wildman–Crippen LogP) is 4.86. The molecule has 4 heteroatoms. The molecule has 3 aliphatic carbocycles. The number of aliphatic hydroxyl groups is 1. The monoisotopic (exact) mass is 358 g/mol. The standard InChI is InChI=1S/C22H34N2O2/c1-15(17-9-5-3-6-10-17)23-19-13-20(22(26)14-21(19)25)24-16(2)18-11-7-4-8-12-18/h13-18,23,25H,3-12H2,1-2H3/t15-,16-/m1/s1. The molecule has 3 aliphatic rings. The second-order valence-electron chi connectivity index (χ2n) is 8.44. The van der Waals surface area contributed by atoms with Crippen molar-refractivity contribution in [3.63, 3.8) is 0 Å². The van der Waals surface area contributed by atoms with Crippen molar-refractivity contribution in [2.45, 2.75) is 90.1 Å². The number of allylic oxidation sites excluding steroid dienone is 2. The average molecular weight is 359 g/mol. The molecule has 2 atom stereocenters. The topological polar surface area (TPSA) is 61.7 Å². The van der Waals surface area contributed by atoms with Crippen LogP contribution >= 0.6 is 0 Å². The summed E-state index contributed by atoms with van der Waals surface area (Å²) >= 11 is 0. The second kappa shape index (κ2) is 8.88. The summed E-state index contributed by atoms with van der Waals surface area (Å²) in [4.78, 5) is 17.1. The van der Waals surface area contributed by atoms with Gasteiger partial charge >= 0.3 is 0 Å². The van der Waals surface area contributed by atoms with Crippen molar-refractivity contribution in [3.05, 3.63) is 23.6 Å². The van der Waals surface area contributed by atoms with Crippen LogP contribution in [0.25, 0.3) is 0 Å². The Morgan fingerprint density at radius 3 is 2.15 bits per heavy atom. The quantitative estimate of drug-likeness (QED) is 0.690. The average Bonchev–Trinajstić information content (AvgIpc) is 2.66. The Morgan fingerprint density at radius 1 is 0.962 bits per heavy atom. The summed E-state index contributed by atoms with van der Waals surface area (Å²) in [5.41, 5.74) is 1.14. The van der Waals surface area contributed by atoms with Crippen LogP contribution in [0.15, 0.2) is 28.6 Å². The molecular formula is C22H34N2O2. The maximum absolute atomic E-state index is 12.3. The fourth-order valence-corrected chi connectivity index (χ4v) is 4.71. The zero-order chi connectivity index (χ0) is 18.5. The van der Waals surface area contributed by atoms with Gasteiger partial charge in [-0.05, 0) is 57.4 Å². The largest absolute Gasteiger partial charge is 0.506 e. The molecule has 26 heavy (non-hydrogen) atoms. The van der Waals surface area contributed by atoms with Gasteiger partial charge in [0.1, 0.15) is 11.5 Å². The van der Waals surface area contributed by atoms with Gasteiger partial charge in [-0.3, -0.25) is 9.79 Å². The van der Waals surface area contributed by atoms with Crippen LogP contribution in [-0.4, -0.2) is 28.7 Å². The maximum Gasteiger partial charge on any atom is 0.207 e. The third-order valence-electron chi connectivity index (χ3n) is 6.49. The van der Waals surface area contributed by atoms with Gasteiger partial charge in [-0.2, -0.15) is 0 Å². The molecule has 0 radical (unpaired) electrons. The molecule has 0 aromatic heterocycles. The molecule has 0 spiro atoms. The van der Waals surface area contributed by atoms with Crippen molar-refractivity contribution in [1.29, 1.82) is 0 Å². The summed E-state index contributed by atoms with van der Waals surface area (Å²) in [6, 6.07) is 0.457. The lowest BCUT2D eigenvalue weighted by Gasteiger charge is -2.30. The normalized spacial score (nSPS) is 27.0. The first-order valence-electron chi connectivity index (χ1n) is 10.6. The zero-order valence-electron chi connectivity index (χ0n) is 16.3. The number of carbonyl (C=O) groups excluding carboxylic acids is 1. The lowest BCUT2D eigenvalue weighted by Crippen LogP contribution is -2.36. The minimum atomic E-state index is -0.180. The molecule has 0 aromatic rings. The van der Waals surface area contributed by atoms with Gasteiger partial charge in [-0.25, -0.2) is 0 Å². The number of aliphatic imine (C=N–C) groups is 1. The van der Waals surface area contributed by atoms with Crippen LogP contribution in [0.3, 0.4) is 0 Å². The van der Waals surface area contributed by atoms with Gasteiger partial charge in [-0.15, -0.1) is 0 Å². The number of hydrogen-bond acceptors (Lipinski definition) is 4. The van der Waals surface area contributed by atoms with Crippen LogP contribution in [0.4, 0.5) is 0 Å². The molecule has 0 heterocycles. The fourth-order valence-electron chi connectivity index (χ4n) is 4.71. The minimum absolute atomic E-state index is 0.0435. The van der Waals surface area contributed by atoms with Crippen molar-refractivity contribution in [3.8, 4) is 0 Å². The van der Waals surface area contributed by atoms with Gasteiger partial charge in [0.05, 0.1) is 11.7 Å². The molecule has 2 fully saturated rings. The summed E-state index contributed by atoms with van der Waals surface area (Å²) in [7, 11) is 0. The molecular weight excluding hydrogens is 324 g/mol. The number of hydrogen-bond donors (Lipinski definition) is 2. The summed E-state index contributed by atoms with van der Waals surface area (Å²) in [6.07, 6.45) is 15.8. The lowest BCUT2D eigenvalue weighted by atomic mass is 9.84. The third kappa shape index (κ3) is 4.77. The second-order valence-corrected chi connectivity index (χ2v) is 8.44. The first-order valence-corrected chi connectivity index (χ1v) is 10.6. The van der Waals surface area contributed by atoms with Crippen LogP contribution in [-0.2, 0) is 4.79 Å². The van der Waals surface area contributed by atoms with Gasteiger partial charge in [-0.1, -0.05) is 38.5 Å². The molecule has 0 saturated heterocycles. The van der Waals surface area contributed by atoms with E-state index in [0.29, 0.717) is 29.3 Å². The van der Waals surface area contributed by atoms with E-state index < -0.39 is 0 Å². The number of nitrogens with one attached hydrogen (secondary N) is 1. The molecule has 0 unspecified atom stereocenters. The Bertz CT molecular complexity index is 593. The molecule has 2 saturated carbocycles. The number of aliphatic hydroxyl groups excluding tert-OH is 1. The van der Waals surface area contributed by atoms with E-state index in [2.05, 4.69) is 19.2 Å². The first kappa shape index (κ1) is 19.2. The highest BCUT2D eigenvalue weighted by Crippen LogP contribution is 2.29. The minimum Gasteiger partial charge on any atom is -0.506 e. The van der Waals surface area contributed by atoms with E-state index >= 15 is 0 Å². The molecule has 0 amide bonds. The number of ketones is 1. The number of rotatable bonds is 5. The molecule has 2 N–H and O–H groups in total. The van der Waals surface area contributed by atoms with E-state index in [4.69, 9.17) is 4.99 Å². The maximum atomic E-state index is 12.3. The van der Waals surface area contributed by atoms with Crippen LogP contribution in [0.2, 0.25) is 0 Å². The van der Waals surface area contributed by atoms with E-state index in [9.17, 15) is 9.90 Å². The van der Waals surface area contributed by atoms with Gasteiger partial charge in [0.2, 0.25) is 5.78 Å². The Hall–Kier alpha value is -1.58. The van der Waals surface area contributed by atoms with E-state index in [0.717, 1.165) is 0 Å². The predicted molar refractivity (Wildman–Crippen MR) is 106 cm³/mol. The van der Waals surface area contributed by atoms with Gasteiger partial charge < -0.3 is 10.4 Å². The first-order chi connectivity index (χ1) is 12.5. The highest BCUT2D eigenvalue weighted by molar-refractivity contribution is 6.49. The number of carbonyl (C=O) groups is 1. The highest BCUT2D eigenvalue weighted by Gasteiger charge is 2.26. The summed E-state index contributed by atoms with van der Waals surface area (Å²) in [5, 5.41) is 13.7. The number of nitrogens with zero attached hydrogens (tertiary/aromatic N) is 1. The third-order valence-corrected chi connectivity index (χ3v) is 6.49. The van der Waals surface area contributed by atoms with Crippen molar-refractivity contribution in [2.24, 2.45) is 16.8 Å². The van der Waals surface area contributed by atoms with Crippen molar-refractivity contribution >= 4 is 11.5 Å². The zero-order valence-corrected chi connectivity index (χ0v) is 16.3. The molecule has 0 aliphatic heterocycles. The fraction of sp³-hybridized carbons (Fsp3) is 0.727. The Balaban J connectivity index is 1.69. The Kier molecular flexibility index (Phi) is 6.55. The van der Waals surface area contributed by atoms with Crippen LogP contribution in [0, 0.1) is 11.8 Å². The van der Waals surface area contributed by atoms with Gasteiger partial charge in [0.15, 0.2) is 0 Å². The van der Waals surface area contributed by atoms with Crippen molar-refractivity contribution < 1.29 is 9.90 Å². The molecule has 144 valence electrons. The van der Waals surface area contributed by atoms with E-state index in [-0.39, 0.29) is 17.6 Å². The molecule has 0 aromatic carbocycles. The highest BCUT2D eigenvalue weighted by atomic mass is 16.3. The Labute approximate surface area is 157 Å². The summed E-state index contributed by atoms with van der Waals surface area (Å²) in [6.45, 7) is 4.31. The van der Waals surface area contributed by atoms with Crippen molar-refractivity contribution in [2.75, 3.05) is 0 Å². The van der Waals surface area contributed by atoms with E-state index in [1.807, 2.05) is 0 Å². The SMILES string of the molecule is C[C@@H](N=C1C=C(N[C@H](C)C2CCCCC2)C(O)=CC1=O)C1CCCCC1. The summed E-state index contributed by atoms with van der Waals surface area (Å²) < 4.78 is 0. The summed E-state index contributed by atoms with van der Waals surface area (Å²) in [5.74, 6) is 1.08. The van der Waals surface area contributed by atoms with E-state index in [1.165, 1.54) is 70.3 Å². The molecule has 4 nitrogen and oxygen atoms in total. The van der Waals surface area contributed by atoms with Crippen LogP contribution in [0.5, 0.6) is 0 Å².